The molecule has 1 saturated heterocycles. The van der Waals surface area contributed by atoms with Gasteiger partial charge in [-0.25, -0.2) is 9.97 Å². The van der Waals surface area contributed by atoms with Crippen LogP contribution in [0.3, 0.4) is 0 Å². The van der Waals surface area contributed by atoms with Crippen molar-refractivity contribution in [3.8, 4) is 11.5 Å². The summed E-state index contributed by atoms with van der Waals surface area (Å²) in [4.78, 5) is 35.2. The van der Waals surface area contributed by atoms with Gasteiger partial charge < -0.3 is 9.88 Å². The topological polar surface area (TPSA) is 87.7 Å². The number of carbonyl (C=O) groups is 1. The van der Waals surface area contributed by atoms with E-state index in [2.05, 4.69) is 19.9 Å². The standard InChI is InChI=1S/C19H20N6O/c1-13-8-22-18(23-13)17-11-21-10-16(24-17)15-5-3-7-25(12-15)19(26)14-4-2-6-20-9-14/h2,4,6,8-11,15H,3,5,7,12H2,1H3,(H,22,23)/t15-/m0/s1. The van der Waals surface area contributed by atoms with E-state index in [-0.39, 0.29) is 11.8 Å². The van der Waals surface area contributed by atoms with E-state index in [1.54, 1.807) is 43.1 Å². The van der Waals surface area contributed by atoms with Crippen LogP contribution in [0.5, 0.6) is 0 Å². The second-order valence-electron chi connectivity index (χ2n) is 6.58. The van der Waals surface area contributed by atoms with Gasteiger partial charge in [-0.15, -0.1) is 0 Å². The normalized spacial score (nSPS) is 17.3. The van der Waals surface area contributed by atoms with E-state index >= 15 is 0 Å². The van der Waals surface area contributed by atoms with Crippen molar-refractivity contribution in [2.75, 3.05) is 13.1 Å². The summed E-state index contributed by atoms with van der Waals surface area (Å²) in [7, 11) is 0. The van der Waals surface area contributed by atoms with Crippen molar-refractivity contribution in [2.24, 2.45) is 0 Å². The third-order valence-electron chi connectivity index (χ3n) is 4.63. The van der Waals surface area contributed by atoms with E-state index in [1.807, 2.05) is 11.8 Å². The molecule has 7 heteroatoms. The molecule has 3 aromatic heterocycles. The average Bonchev–Trinajstić information content (AvgIpc) is 3.15. The number of pyridine rings is 1. The highest BCUT2D eigenvalue weighted by atomic mass is 16.2. The largest absolute Gasteiger partial charge is 0.341 e. The summed E-state index contributed by atoms with van der Waals surface area (Å²) in [6.07, 6.45) is 10.5. The molecule has 26 heavy (non-hydrogen) atoms. The van der Waals surface area contributed by atoms with Crippen LogP contribution in [-0.2, 0) is 0 Å². The van der Waals surface area contributed by atoms with Gasteiger partial charge in [0.05, 0.1) is 17.5 Å². The lowest BCUT2D eigenvalue weighted by molar-refractivity contribution is 0.0705. The van der Waals surface area contributed by atoms with Crippen LogP contribution >= 0.6 is 0 Å². The zero-order chi connectivity index (χ0) is 17.9. The molecule has 0 spiro atoms. The smallest absolute Gasteiger partial charge is 0.255 e. The number of rotatable bonds is 3. The van der Waals surface area contributed by atoms with Crippen LogP contribution in [0.2, 0.25) is 0 Å². The fourth-order valence-corrected chi connectivity index (χ4v) is 3.31. The van der Waals surface area contributed by atoms with Gasteiger partial charge in [-0.3, -0.25) is 14.8 Å². The summed E-state index contributed by atoms with van der Waals surface area (Å²) in [6, 6.07) is 3.59. The molecule has 4 heterocycles. The summed E-state index contributed by atoms with van der Waals surface area (Å²) in [6.45, 7) is 3.36. The van der Waals surface area contributed by atoms with Crippen LogP contribution in [0.4, 0.5) is 0 Å². The monoisotopic (exact) mass is 348 g/mol. The van der Waals surface area contributed by atoms with Gasteiger partial charge in [0.15, 0.2) is 5.82 Å². The highest BCUT2D eigenvalue weighted by molar-refractivity contribution is 5.94. The number of piperidine rings is 1. The fraction of sp³-hybridized carbons (Fsp3) is 0.316. The summed E-state index contributed by atoms with van der Waals surface area (Å²) < 4.78 is 0. The van der Waals surface area contributed by atoms with E-state index in [0.29, 0.717) is 12.1 Å². The SMILES string of the molecule is Cc1cnc(-c2cncc([C@H]3CCCN(C(=O)c4cccnc4)C3)n2)[nH]1. The predicted octanol–water partition coefficient (Wildman–Crippen LogP) is 2.59. The van der Waals surface area contributed by atoms with Crippen molar-refractivity contribution in [2.45, 2.75) is 25.7 Å². The van der Waals surface area contributed by atoms with Gasteiger partial charge >= 0.3 is 0 Å². The number of hydrogen-bond acceptors (Lipinski definition) is 5. The zero-order valence-electron chi connectivity index (χ0n) is 14.6. The van der Waals surface area contributed by atoms with Gasteiger partial charge in [-0.1, -0.05) is 0 Å². The molecule has 7 nitrogen and oxygen atoms in total. The molecule has 1 atom stereocenters. The maximum atomic E-state index is 12.7. The number of hydrogen-bond donors (Lipinski definition) is 1. The van der Waals surface area contributed by atoms with Crippen molar-refractivity contribution >= 4 is 5.91 Å². The third kappa shape index (κ3) is 3.33. The molecule has 1 N–H and O–H groups in total. The van der Waals surface area contributed by atoms with Gasteiger partial charge in [-0.2, -0.15) is 0 Å². The summed E-state index contributed by atoms with van der Waals surface area (Å²) in [5.41, 5.74) is 3.24. The number of likely N-dealkylation sites (tertiary alicyclic amines) is 1. The Hall–Kier alpha value is -3.09. The van der Waals surface area contributed by atoms with Crippen LogP contribution in [0, 0.1) is 6.92 Å². The Bertz CT molecular complexity index is 907. The van der Waals surface area contributed by atoms with Crippen LogP contribution in [0.25, 0.3) is 11.5 Å². The van der Waals surface area contributed by atoms with Gasteiger partial charge in [0, 0.05) is 49.5 Å². The molecule has 0 bridgehead atoms. The maximum Gasteiger partial charge on any atom is 0.255 e. The van der Waals surface area contributed by atoms with Crippen molar-refractivity contribution in [1.29, 1.82) is 0 Å². The molecular formula is C19H20N6O. The lowest BCUT2D eigenvalue weighted by Gasteiger charge is -2.32. The molecule has 3 aromatic rings. The zero-order valence-corrected chi connectivity index (χ0v) is 14.6. The molecule has 4 rings (SSSR count). The first-order valence-corrected chi connectivity index (χ1v) is 8.74. The lowest BCUT2D eigenvalue weighted by atomic mass is 9.94. The Morgan fingerprint density at radius 3 is 2.92 bits per heavy atom. The molecule has 132 valence electrons. The molecule has 1 fully saturated rings. The summed E-state index contributed by atoms with van der Waals surface area (Å²) in [5, 5.41) is 0. The van der Waals surface area contributed by atoms with Gasteiger partial charge in [-0.05, 0) is 31.9 Å². The number of H-pyrrole nitrogens is 1. The Balaban J connectivity index is 1.54. The number of aromatic amines is 1. The van der Waals surface area contributed by atoms with Crippen molar-refractivity contribution in [1.82, 2.24) is 29.8 Å². The van der Waals surface area contributed by atoms with Crippen LogP contribution < -0.4 is 0 Å². The number of aryl methyl sites for hydroxylation is 1. The van der Waals surface area contributed by atoms with Crippen molar-refractivity contribution in [3.05, 3.63) is 60.1 Å². The quantitative estimate of drug-likeness (QED) is 0.786. The van der Waals surface area contributed by atoms with E-state index in [1.165, 1.54) is 0 Å². The lowest BCUT2D eigenvalue weighted by Crippen LogP contribution is -2.39. The first kappa shape index (κ1) is 16.4. The number of nitrogens with zero attached hydrogens (tertiary/aromatic N) is 5. The van der Waals surface area contributed by atoms with Gasteiger partial charge in [0.25, 0.3) is 5.91 Å². The number of nitrogens with one attached hydrogen (secondary N) is 1. The molecule has 1 aliphatic rings. The van der Waals surface area contributed by atoms with Crippen molar-refractivity contribution < 1.29 is 4.79 Å². The van der Waals surface area contributed by atoms with Gasteiger partial charge in [0.1, 0.15) is 5.69 Å². The van der Waals surface area contributed by atoms with E-state index in [4.69, 9.17) is 4.98 Å². The van der Waals surface area contributed by atoms with Gasteiger partial charge in [0.2, 0.25) is 0 Å². The first-order chi connectivity index (χ1) is 12.7. The predicted molar refractivity (Wildman–Crippen MR) is 96.5 cm³/mol. The average molecular weight is 348 g/mol. The number of amides is 1. The van der Waals surface area contributed by atoms with E-state index < -0.39 is 0 Å². The molecular weight excluding hydrogens is 328 g/mol. The minimum Gasteiger partial charge on any atom is -0.341 e. The fourth-order valence-electron chi connectivity index (χ4n) is 3.31. The highest BCUT2D eigenvalue weighted by Gasteiger charge is 2.27. The van der Waals surface area contributed by atoms with E-state index in [0.717, 1.165) is 42.3 Å². The Morgan fingerprint density at radius 2 is 2.15 bits per heavy atom. The molecule has 1 amide bonds. The van der Waals surface area contributed by atoms with Crippen LogP contribution in [-0.4, -0.2) is 48.8 Å². The number of aromatic nitrogens is 5. The summed E-state index contributed by atoms with van der Waals surface area (Å²) >= 11 is 0. The highest BCUT2D eigenvalue weighted by Crippen LogP contribution is 2.27. The third-order valence-corrected chi connectivity index (χ3v) is 4.63. The van der Waals surface area contributed by atoms with E-state index in [9.17, 15) is 4.79 Å². The Kier molecular flexibility index (Phi) is 4.43. The first-order valence-electron chi connectivity index (χ1n) is 8.74. The second kappa shape index (κ2) is 7.03. The number of carbonyl (C=O) groups excluding carboxylic acids is 1. The van der Waals surface area contributed by atoms with Crippen molar-refractivity contribution in [3.63, 3.8) is 0 Å². The molecule has 0 aliphatic carbocycles. The Morgan fingerprint density at radius 1 is 1.23 bits per heavy atom. The molecule has 1 aliphatic heterocycles. The molecule has 0 saturated carbocycles. The van der Waals surface area contributed by atoms with Crippen LogP contribution in [0.1, 0.15) is 40.5 Å². The minimum atomic E-state index is 0.0218. The maximum absolute atomic E-state index is 12.7. The number of imidazole rings is 1. The molecule has 0 unspecified atom stereocenters. The minimum absolute atomic E-state index is 0.0218. The molecule has 0 radical (unpaired) electrons. The second-order valence-corrected chi connectivity index (χ2v) is 6.58. The Labute approximate surface area is 151 Å². The molecule has 0 aromatic carbocycles. The van der Waals surface area contributed by atoms with Crippen LogP contribution in [0.15, 0.2) is 43.1 Å². The summed E-state index contributed by atoms with van der Waals surface area (Å²) in [5.74, 6) is 0.914.